The van der Waals surface area contributed by atoms with Crippen molar-refractivity contribution in [1.82, 2.24) is 0 Å². The summed E-state index contributed by atoms with van der Waals surface area (Å²) in [6.45, 7) is 6.92. The largest absolute Gasteiger partial charge is 0.494 e. The molecular formula is C21H22Br2N2OS. The molecule has 0 amide bonds. The normalized spacial score (nSPS) is 17.0. The molecule has 0 saturated carbocycles. The van der Waals surface area contributed by atoms with Crippen LogP contribution in [-0.2, 0) is 12.8 Å². The van der Waals surface area contributed by atoms with Gasteiger partial charge in [0.25, 0.3) is 0 Å². The van der Waals surface area contributed by atoms with E-state index in [1.807, 2.05) is 18.3 Å². The van der Waals surface area contributed by atoms with Crippen molar-refractivity contribution in [2.75, 3.05) is 7.11 Å². The fraction of sp³-hybridized carbons (Fsp3) is 0.429. The molecule has 2 aromatic rings. The predicted octanol–water partition coefficient (Wildman–Crippen LogP) is 7.05. The molecule has 6 heteroatoms. The van der Waals surface area contributed by atoms with E-state index in [9.17, 15) is 5.26 Å². The number of nitrogens with zero attached hydrogens (tertiary/aromatic N) is 2. The molecule has 3 nitrogen and oxygen atoms in total. The van der Waals surface area contributed by atoms with Gasteiger partial charge in [-0.1, -0.05) is 20.8 Å². The summed E-state index contributed by atoms with van der Waals surface area (Å²) in [5, 5.41) is 10.5. The van der Waals surface area contributed by atoms with Crippen molar-refractivity contribution in [2.45, 2.75) is 40.0 Å². The van der Waals surface area contributed by atoms with Crippen LogP contribution in [0.4, 0.5) is 5.00 Å². The van der Waals surface area contributed by atoms with Crippen LogP contribution in [0, 0.1) is 22.7 Å². The molecule has 0 saturated heterocycles. The zero-order chi connectivity index (χ0) is 19.8. The van der Waals surface area contributed by atoms with Crippen molar-refractivity contribution in [1.29, 1.82) is 5.26 Å². The second kappa shape index (κ2) is 8.06. The molecule has 1 aliphatic carbocycles. The molecule has 0 bridgehead atoms. The van der Waals surface area contributed by atoms with E-state index in [0.29, 0.717) is 11.3 Å². The van der Waals surface area contributed by atoms with Gasteiger partial charge in [-0.2, -0.15) is 5.26 Å². The van der Waals surface area contributed by atoms with E-state index in [2.05, 4.69) is 63.7 Å². The molecule has 1 atom stereocenters. The molecular weight excluding hydrogens is 488 g/mol. The van der Waals surface area contributed by atoms with Crippen molar-refractivity contribution >= 4 is 54.4 Å². The van der Waals surface area contributed by atoms with Gasteiger partial charge in [-0.05, 0) is 85.7 Å². The Labute approximate surface area is 181 Å². The van der Waals surface area contributed by atoms with Crippen LogP contribution in [0.3, 0.4) is 0 Å². The maximum absolute atomic E-state index is 9.69. The van der Waals surface area contributed by atoms with Crippen LogP contribution in [0.25, 0.3) is 0 Å². The number of fused-ring (bicyclic) bond motifs is 1. The lowest BCUT2D eigenvalue weighted by molar-refractivity contribution is 0.218. The van der Waals surface area contributed by atoms with Gasteiger partial charge in [0.05, 0.1) is 21.6 Å². The molecule has 1 aliphatic rings. The first-order valence-electron chi connectivity index (χ1n) is 8.86. The van der Waals surface area contributed by atoms with Crippen molar-refractivity contribution < 1.29 is 4.74 Å². The molecule has 0 aliphatic heterocycles. The highest BCUT2D eigenvalue weighted by atomic mass is 79.9. The number of ether oxygens (including phenoxy) is 1. The molecule has 142 valence electrons. The minimum absolute atomic E-state index is 0.291. The van der Waals surface area contributed by atoms with Gasteiger partial charge >= 0.3 is 0 Å². The molecule has 1 aromatic heterocycles. The zero-order valence-corrected chi connectivity index (χ0v) is 19.9. The van der Waals surface area contributed by atoms with Gasteiger partial charge in [-0.25, -0.2) is 4.99 Å². The number of thiophene rings is 1. The summed E-state index contributed by atoms with van der Waals surface area (Å²) in [5.74, 6) is 1.41. The molecule has 0 fully saturated rings. The van der Waals surface area contributed by atoms with Gasteiger partial charge in [-0.3, -0.25) is 0 Å². The number of rotatable bonds is 3. The van der Waals surface area contributed by atoms with Crippen LogP contribution in [-0.4, -0.2) is 13.3 Å². The van der Waals surface area contributed by atoms with E-state index < -0.39 is 0 Å². The Balaban J connectivity index is 1.92. The maximum atomic E-state index is 9.69. The number of methoxy groups -OCH3 is 1. The highest BCUT2D eigenvalue weighted by Crippen LogP contribution is 2.45. The fourth-order valence-corrected chi connectivity index (χ4v) is 6.27. The summed E-state index contributed by atoms with van der Waals surface area (Å²) >= 11 is 8.71. The van der Waals surface area contributed by atoms with Gasteiger partial charge in [0.2, 0.25) is 0 Å². The lowest BCUT2D eigenvalue weighted by atomic mass is 9.72. The molecule has 1 heterocycles. The second-order valence-corrected chi connectivity index (χ2v) is 10.7. The van der Waals surface area contributed by atoms with Crippen LogP contribution in [0.1, 0.15) is 48.8 Å². The van der Waals surface area contributed by atoms with Crippen LogP contribution >= 0.6 is 43.2 Å². The van der Waals surface area contributed by atoms with Crippen LogP contribution in [0.15, 0.2) is 26.1 Å². The van der Waals surface area contributed by atoms with E-state index in [0.717, 1.165) is 50.1 Å². The minimum Gasteiger partial charge on any atom is -0.494 e. The third-order valence-corrected chi connectivity index (χ3v) is 7.48. The second-order valence-electron chi connectivity index (χ2n) is 7.88. The van der Waals surface area contributed by atoms with E-state index in [-0.39, 0.29) is 0 Å². The number of nitriles is 1. The Bertz CT molecular complexity index is 912. The van der Waals surface area contributed by atoms with Crippen molar-refractivity contribution in [2.24, 2.45) is 16.3 Å². The minimum atomic E-state index is 0.291. The molecule has 3 rings (SSSR count). The average molecular weight is 510 g/mol. The Hall–Kier alpha value is -1.16. The van der Waals surface area contributed by atoms with Crippen molar-refractivity contribution in [3.63, 3.8) is 0 Å². The lowest BCUT2D eigenvalue weighted by Gasteiger charge is -2.33. The Morgan fingerprint density at radius 3 is 2.52 bits per heavy atom. The van der Waals surface area contributed by atoms with Gasteiger partial charge in [-0.15, -0.1) is 11.3 Å². The highest BCUT2D eigenvalue weighted by molar-refractivity contribution is 9.11. The van der Waals surface area contributed by atoms with E-state index in [1.165, 1.54) is 10.4 Å². The van der Waals surface area contributed by atoms with E-state index >= 15 is 0 Å². The van der Waals surface area contributed by atoms with Crippen molar-refractivity contribution in [3.05, 3.63) is 42.6 Å². The Kier molecular flexibility index (Phi) is 6.14. The third kappa shape index (κ3) is 4.31. The first kappa shape index (κ1) is 20.6. The summed E-state index contributed by atoms with van der Waals surface area (Å²) < 4.78 is 7.07. The van der Waals surface area contributed by atoms with Crippen molar-refractivity contribution in [3.8, 4) is 11.8 Å². The molecule has 0 N–H and O–H groups in total. The quantitative estimate of drug-likeness (QED) is 0.416. The van der Waals surface area contributed by atoms with Crippen LogP contribution in [0.2, 0.25) is 0 Å². The van der Waals surface area contributed by atoms with Gasteiger partial charge < -0.3 is 4.74 Å². The standard InChI is InChI=1S/C21H22Br2N2OS/c1-21(2,3)13-5-6-14-15(10-24)20(27-18(14)9-13)25-11-12-7-16(22)19(26-4)17(23)8-12/h7-8,11,13H,5-6,9H2,1-4H3/t13-/m0/s1. The van der Waals surface area contributed by atoms with Gasteiger partial charge in [0.1, 0.15) is 16.8 Å². The fourth-order valence-electron chi connectivity index (χ4n) is 3.50. The zero-order valence-electron chi connectivity index (χ0n) is 15.9. The summed E-state index contributed by atoms with van der Waals surface area (Å²) in [5.41, 5.74) is 3.20. The summed E-state index contributed by atoms with van der Waals surface area (Å²) in [6, 6.07) is 6.31. The highest BCUT2D eigenvalue weighted by Gasteiger charge is 2.32. The summed E-state index contributed by atoms with van der Waals surface area (Å²) in [6.07, 6.45) is 4.98. The number of aliphatic imine (C=N–C) groups is 1. The number of benzene rings is 1. The predicted molar refractivity (Wildman–Crippen MR) is 120 cm³/mol. The monoisotopic (exact) mass is 508 g/mol. The van der Waals surface area contributed by atoms with Crippen LogP contribution in [0.5, 0.6) is 5.75 Å². The smallest absolute Gasteiger partial charge is 0.147 e. The Morgan fingerprint density at radius 2 is 1.96 bits per heavy atom. The molecule has 1 aromatic carbocycles. The maximum Gasteiger partial charge on any atom is 0.147 e. The summed E-state index contributed by atoms with van der Waals surface area (Å²) in [7, 11) is 1.64. The number of hydrogen-bond acceptors (Lipinski definition) is 4. The van der Waals surface area contributed by atoms with E-state index in [4.69, 9.17) is 4.74 Å². The lowest BCUT2D eigenvalue weighted by Crippen LogP contribution is -2.26. The summed E-state index contributed by atoms with van der Waals surface area (Å²) in [4.78, 5) is 6.00. The molecule has 0 unspecified atom stereocenters. The Morgan fingerprint density at radius 1 is 1.30 bits per heavy atom. The first-order chi connectivity index (χ1) is 12.7. The molecule has 27 heavy (non-hydrogen) atoms. The molecule has 0 radical (unpaired) electrons. The topological polar surface area (TPSA) is 45.4 Å². The SMILES string of the molecule is COc1c(Br)cc(C=Nc2sc3c(c2C#N)CC[C@H](C(C)(C)C)C3)cc1Br. The molecule has 0 spiro atoms. The number of halogens is 2. The van der Waals surface area contributed by atoms with E-state index in [1.54, 1.807) is 18.4 Å². The third-order valence-electron chi connectivity index (χ3n) is 5.14. The average Bonchev–Trinajstić information content (AvgIpc) is 2.95. The van der Waals surface area contributed by atoms with Gasteiger partial charge in [0, 0.05) is 11.1 Å². The van der Waals surface area contributed by atoms with Crippen LogP contribution < -0.4 is 4.74 Å². The first-order valence-corrected chi connectivity index (χ1v) is 11.3. The van der Waals surface area contributed by atoms with Gasteiger partial charge in [0.15, 0.2) is 0 Å². The number of hydrogen-bond donors (Lipinski definition) is 0.